The van der Waals surface area contributed by atoms with E-state index in [-0.39, 0.29) is 23.5 Å². The van der Waals surface area contributed by atoms with E-state index in [9.17, 15) is 21.6 Å². The van der Waals surface area contributed by atoms with Crippen molar-refractivity contribution < 1.29 is 16.8 Å². The second kappa shape index (κ2) is 7.16. The quantitative estimate of drug-likeness (QED) is 0.610. The predicted molar refractivity (Wildman–Crippen MR) is 79.0 cm³/mol. The number of aromatic amines is 1. The fourth-order valence-corrected chi connectivity index (χ4v) is 3.64. The molecule has 2 N–H and O–H groups in total. The van der Waals surface area contributed by atoms with Gasteiger partial charge in [0.15, 0.2) is 0 Å². The molecule has 21 heavy (non-hydrogen) atoms. The Morgan fingerprint density at radius 2 is 1.90 bits per heavy atom. The zero-order valence-corrected chi connectivity index (χ0v) is 13.5. The molecule has 1 aromatic rings. The van der Waals surface area contributed by atoms with Gasteiger partial charge < -0.3 is 4.98 Å². The maximum atomic E-state index is 11.9. The van der Waals surface area contributed by atoms with Crippen molar-refractivity contribution in [2.24, 2.45) is 0 Å². The van der Waals surface area contributed by atoms with Gasteiger partial charge in [-0.2, -0.15) is 0 Å². The average Bonchev–Trinajstić information content (AvgIpc) is 2.37. The van der Waals surface area contributed by atoms with Crippen LogP contribution in [0.25, 0.3) is 0 Å². The van der Waals surface area contributed by atoms with Crippen molar-refractivity contribution in [2.75, 3.05) is 25.9 Å². The maximum absolute atomic E-state index is 11.9. The number of nitrogens with one attached hydrogen (secondary N) is 2. The third-order valence-corrected chi connectivity index (χ3v) is 5.60. The van der Waals surface area contributed by atoms with E-state index in [0.717, 1.165) is 18.5 Å². The molecular weight excluding hydrogens is 318 g/mol. The van der Waals surface area contributed by atoms with Gasteiger partial charge in [-0.1, -0.05) is 6.92 Å². The first-order valence-corrected chi connectivity index (χ1v) is 9.63. The van der Waals surface area contributed by atoms with Crippen LogP contribution in [-0.2, 0) is 20.0 Å². The van der Waals surface area contributed by atoms with Crippen LogP contribution in [0.1, 0.15) is 13.3 Å². The van der Waals surface area contributed by atoms with Gasteiger partial charge in [-0.05, 0) is 12.5 Å². The zero-order chi connectivity index (χ0) is 16.1. The third-order valence-electron chi connectivity index (χ3n) is 2.76. The Labute approximate surface area is 124 Å². The molecule has 0 spiro atoms. The van der Waals surface area contributed by atoms with Crippen molar-refractivity contribution in [3.05, 3.63) is 28.7 Å². The summed E-state index contributed by atoms with van der Waals surface area (Å²) in [5.74, 6) is 0. The van der Waals surface area contributed by atoms with Crippen LogP contribution in [0.2, 0.25) is 0 Å². The number of aromatic nitrogens is 1. The molecule has 0 amide bonds. The average molecular weight is 337 g/mol. The molecule has 0 aliphatic rings. The molecule has 1 rings (SSSR count). The summed E-state index contributed by atoms with van der Waals surface area (Å²) in [7, 11) is -6.98. The van der Waals surface area contributed by atoms with E-state index in [1.807, 2.05) is 0 Å². The van der Waals surface area contributed by atoms with Crippen LogP contribution in [0.3, 0.4) is 0 Å². The zero-order valence-electron chi connectivity index (χ0n) is 11.9. The molecule has 8 nitrogen and oxygen atoms in total. The summed E-state index contributed by atoms with van der Waals surface area (Å²) in [5, 5.41) is 0. The normalized spacial score (nSPS) is 12.7. The highest BCUT2D eigenvalue weighted by atomic mass is 32.2. The first-order valence-electron chi connectivity index (χ1n) is 6.30. The molecule has 0 fully saturated rings. The second-order valence-electron chi connectivity index (χ2n) is 4.39. The second-order valence-corrected chi connectivity index (χ2v) is 8.14. The van der Waals surface area contributed by atoms with Crippen LogP contribution in [0.4, 0.5) is 0 Å². The molecule has 0 aromatic carbocycles. The fraction of sp³-hybridized carbons (Fsp3) is 0.545. The number of hydrogen-bond donors (Lipinski definition) is 2. The lowest BCUT2D eigenvalue weighted by molar-refractivity contribution is 0.424. The van der Waals surface area contributed by atoms with Crippen LogP contribution in [0.15, 0.2) is 28.0 Å². The Morgan fingerprint density at radius 1 is 1.24 bits per heavy atom. The summed E-state index contributed by atoms with van der Waals surface area (Å²) in [6.45, 7) is 2.40. The molecule has 0 saturated carbocycles. The van der Waals surface area contributed by atoms with Crippen LogP contribution in [0.5, 0.6) is 0 Å². The number of rotatable bonds is 8. The lowest BCUT2D eigenvalue weighted by Gasteiger charge is -2.17. The van der Waals surface area contributed by atoms with Crippen molar-refractivity contribution in [3.8, 4) is 0 Å². The molecule has 0 atom stereocenters. The van der Waals surface area contributed by atoms with Gasteiger partial charge in [-0.3, -0.25) is 4.79 Å². The Morgan fingerprint density at radius 3 is 2.38 bits per heavy atom. The molecule has 1 aromatic heterocycles. The first kappa shape index (κ1) is 17.8. The van der Waals surface area contributed by atoms with Crippen molar-refractivity contribution in [1.82, 2.24) is 14.0 Å². The molecule has 1 heterocycles. The number of hydrogen-bond acceptors (Lipinski definition) is 5. The maximum Gasteiger partial charge on any atom is 0.247 e. The number of H-pyrrole nitrogens is 1. The highest BCUT2D eigenvalue weighted by Gasteiger charge is 2.16. The van der Waals surface area contributed by atoms with Crippen LogP contribution in [0, 0.1) is 0 Å². The molecule has 120 valence electrons. The van der Waals surface area contributed by atoms with Crippen LogP contribution >= 0.6 is 0 Å². The highest BCUT2D eigenvalue weighted by Crippen LogP contribution is 2.04. The molecule has 0 aliphatic heterocycles. The van der Waals surface area contributed by atoms with E-state index in [0.29, 0.717) is 13.0 Å². The van der Waals surface area contributed by atoms with Gasteiger partial charge >= 0.3 is 0 Å². The smallest absolute Gasteiger partial charge is 0.247 e. The minimum Gasteiger partial charge on any atom is -0.328 e. The number of sulfonamides is 2. The van der Waals surface area contributed by atoms with Gasteiger partial charge in [0.2, 0.25) is 25.6 Å². The largest absolute Gasteiger partial charge is 0.328 e. The van der Waals surface area contributed by atoms with Crippen molar-refractivity contribution >= 4 is 20.0 Å². The standard InChI is InChI=1S/C11H19N3O5S2/c1-3-14(20(2,16)17)8-4-7-13-21(18,19)10-5-6-11(15)12-9-10/h5-6,9,13H,3-4,7-8H2,1-2H3,(H,12,15). The molecule has 0 saturated heterocycles. The van der Waals surface area contributed by atoms with E-state index < -0.39 is 20.0 Å². The minimum absolute atomic E-state index is 0.0439. The summed E-state index contributed by atoms with van der Waals surface area (Å²) < 4.78 is 50.1. The fourth-order valence-electron chi connectivity index (χ4n) is 1.67. The third kappa shape index (κ3) is 5.58. The summed E-state index contributed by atoms with van der Waals surface area (Å²) in [6.07, 6.45) is 2.57. The van der Waals surface area contributed by atoms with Gasteiger partial charge in [-0.25, -0.2) is 25.9 Å². The molecule has 10 heteroatoms. The van der Waals surface area contributed by atoms with Gasteiger partial charge in [0, 0.05) is 31.9 Å². The summed E-state index contributed by atoms with van der Waals surface area (Å²) in [4.78, 5) is 13.1. The van der Waals surface area contributed by atoms with E-state index in [1.54, 1.807) is 6.92 Å². The van der Waals surface area contributed by atoms with Gasteiger partial charge in [-0.15, -0.1) is 0 Å². The summed E-state index contributed by atoms with van der Waals surface area (Å²) >= 11 is 0. The van der Waals surface area contributed by atoms with E-state index in [1.165, 1.54) is 10.4 Å². The molecular formula is C11H19N3O5S2. The van der Waals surface area contributed by atoms with Crippen molar-refractivity contribution in [1.29, 1.82) is 0 Å². The Hall–Kier alpha value is -1.23. The lowest BCUT2D eigenvalue weighted by Crippen LogP contribution is -2.33. The topological polar surface area (TPSA) is 116 Å². The summed E-state index contributed by atoms with van der Waals surface area (Å²) in [6, 6.07) is 2.33. The van der Waals surface area contributed by atoms with Crippen LogP contribution in [-0.4, -0.2) is 52.0 Å². The highest BCUT2D eigenvalue weighted by molar-refractivity contribution is 7.89. The number of pyridine rings is 1. The van der Waals surface area contributed by atoms with Gasteiger partial charge in [0.1, 0.15) is 0 Å². The van der Waals surface area contributed by atoms with E-state index >= 15 is 0 Å². The monoisotopic (exact) mass is 337 g/mol. The first-order chi connectivity index (χ1) is 9.66. The lowest BCUT2D eigenvalue weighted by atomic mass is 10.4. The molecule has 0 unspecified atom stereocenters. The number of nitrogens with zero attached hydrogens (tertiary/aromatic N) is 1. The molecule has 0 radical (unpaired) electrons. The van der Waals surface area contributed by atoms with Gasteiger partial charge in [0.05, 0.1) is 11.2 Å². The molecule has 0 aliphatic carbocycles. The Bertz CT molecular complexity index is 704. The predicted octanol–water partition coefficient (Wildman–Crippen LogP) is -0.675. The van der Waals surface area contributed by atoms with Crippen molar-refractivity contribution in [3.63, 3.8) is 0 Å². The van der Waals surface area contributed by atoms with E-state index in [2.05, 4.69) is 9.71 Å². The van der Waals surface area contributed by atoms with Crippen LogP contribution < -0.4 is 10.3 Å². The summed E-state index contributed by atoms with van der Waals surface area (Å²) in [5.41, 5.74) is -0.388. The Kier molecular flexibility index (Phi) is 6.08. The minimum atomic E-state index is -3.71. The van der Waals surface area contributed by atoms with Crippen molar-refractivity contribution in [2.45, 2.75) is 18.2 Å². The Balaban J connectivity index is 2.55. The SMILES string of the molecule is CCN(CCCNS(=O)(=O)c1ccc(=O)[nH]c1)S(C)(=O)=O. The van der Waals surface area contributed by atoms with Gasteiger partial charge in [0.25, 0.3) is 0 Å². The molecule has 0 bridgehead atoms. The van der Waals surface area contributed by atoms with E-state index in [4.69, 9.17) is 0 Å².